The van der Waals surface area contributed by atoms with Crippen molar-refractivity contribution in [3.63, 3.8) is 0 Å². The van der Waals surface area contributed by atoms with Gasteiger partial charge < -0.3 is 10.0 Å². The van der Waals surface area contributed by atoms with Crippen LogP contribution in [-0.4, -0.2) is 25.8 Å². The SMILES string of the molecule is CCCC[C@@]1(CC)CN(c2ccccc2)c2cc(Cl)c(O)cc2S(=O)(=O)C1. The van der Waals surface area contributed by atoms with Gasteiger partial charge in [-0.15, -0.1) is 0 Å². The van der Waals surface area contributed by atoms with Gasteiger partial charge in [-0.1, -0.05) is 56.5 Å². The summed E-state index contributed by atoms with van der Waals surface area (Å²) >= 11 is 6.16. The molecule has 2 aromatic rings. The number of phenolic OH excluding ortho intramolecular Hbond substituents is 1. The predicted octanol–water partition coefficient (Wildman–Crippen LogP) is 5.56. The lowest BCUT2D eigenvalue weighted by atomic mass is 9.81. The summed E-state index contributed by atoms with van der Waals surface area (Å²) in [6.07, 6.45) is 3.61. The Morgan fingerprint density at radius 2 is 1.89 bits per heavy atom. The number of benzene rings is 2. The minimum absolute atomic E-state index is 0.0773. The molecule has 0 spiro atoms. The number of hydrogen-bond acceptors (Lipinski definition) is 4. The van der Waals surface area contributed by atoms with Crippen LogP contribution in [0.25, 0.3) is 0 Å². The molecule has 1 heterocycles. The number of para-hydroxylation sites is 1. The molecular formula is C21H26ClNO3S. The summed E-state index contributed by atoms with van der Waals surface area (Å²) in [7, 11) is -3.57. The Morgan fingerprint density at radius 3 is 2.52 bits per heavy atom. The van der Waals surface area contributed by atoms with E-state index in [9.17, 15) is 13.5 Å². The standard InChI is InChI=1S/C21H26ClNO3S/c1-3-5-11-21(4-2)14-23(16-9-7-6-8-10-16)18-12-17(22)19(24)13-20(18)27(25,26)15-21/h6-10,12-13,24H,3-5,11,14-15H2,1-2H3/t21-/m0/s1. The fourth-order valence-corrected chi connectivity index (χ4v) is 6.21. The van der Waals surface area contributed by atoms with E-state index in [0.29, 0.717) is 12.2 Å². The van der Waals surface area contributed by atoms with E-state index in [1.54, 1.807) is 6.07 Å². The Bertz CT molecular complexity index is 915. The summed E-state index contributed by atoms with van der Waals surface area (Å²) in [4.78, 5) is 2.20. The Hall–Kier alpha value is -1.72. The third-order valence-corrected chi connectivity index (χ3v) is 7.81. The molecule has 0 aliphatic carbocycles. The normalized spacial score (nSPS) is 21.5. The van der Waals surface area contributed by atoms with Crippen molar-refractivity contribution < 1.29 is 13.5 Å². The van der Waals surface area contributed by atoms with E-state index >= 15 is 0 Å². The lowest BCUT2D eigenvalue weighted by Crippen LogP contribution is -2.37. The third kappa shape index (κ3) is 3.94. The molecule has 1 aliphatic rings. The van der Waals surface area contributed by atoms with Gasteiger partial charge in [0, 0.05) is 23.7 Å². The van der Waals surface area contributed by atoms with Crippen LogP contribution >= 0.6 is 11.6 Å². The van der Waals surface area contributed by atoms with Crippen LogP contribution in [0.15, 0.2) is 47.4 Å². The molecule has 0 aromatic heterocycles. The van der Waals surface area contributed by atoms with Gasteiger partial charge in [-0.2, -0.15) is 0 Å². The summed E-state index contributed by atoms with van der Waals surface area (Å²) < 4.78 is 26.6. The lowest BCUT2D eigenvalue weighted by molar-refractivity contribution is 0.290. The van der Waals surface area contributed by atoms with Crippen LogP contribution in [0.5, 0.6) is 5.75 Å². The number of phenols is 1. The fraction of sp³-hybridized carbons (Fsp3) is 0.429. The maximum atomic E-state index is 13.3. The molecule has 146 valence electrons. The first-order valence-electron chi connectivity index (χ1n) is 9.40. The maximum absolute atomic E-state index is 13.3. The first-order valence-corrected chi connectivity index (χ1v) is 11.4. The Balaban J connectivity index is 2.24. The van der Waals surface area contributed by atoms with Crippen LogP contribution in [0.1, 0.15) is 39.5 Å². The second kappa shape index (κ2) is 7.72. The van der Waals surface area contributed by atoms with Crippen LogP contribution in [0.4, 0.5) is 11.4 Å². The van der Waals surface area contributed by atoms with Crippen molar-refractivity contribution in [3.05, 3.63) is 47.5 Å². The molecule has 0 fully saturated rings. The van der Waals surface area contributed by atoms with Crippen molar-refractivity contribution in [1.29, 1.82) is 0 Å². The summed E-state index contributed by atoms with van der Waals surface area (Å²) in [6.45, 7) is 4.78. The van der Waals surface area contributed by atoms with Crippen molar-refractivity contribution in [2.24, 2.45) is 5.41 Å². The number of sulfone groups is 1. The molecule has 1 N–H and O–H groups in total. The predicted molar refractivity (Wildman–Crippen MR) is 111 cm³/mol. The highest BCUT2D eigenvalue weighted by atomic mass is 35.5. The van der Waals surface area contributed by atoms with Crippen molar-refractivity contribution in [2.75, 3.05) is 17.2 Å². The van der Waals surface area contributed by atoms with Gasteiger partial charge in [0.1, 0.15) is 5.75 Å². The number of rotatable bonds is 5. The minimum atomic E-state index is -3.57. The van der Waals surface area contributed by atoms with Gasteiger partial charge in [-0.05, 0) is 31.0 Å². The Labute approximate surface area is 166 Å². The second-order valence-corrected chi connectivity index (χ2v) is 9.77. The van der Waals surface area contributed by atoms with Crippen LogP contribution < -0.4 is 4.90 Å². The number of anilines is 2. The van der Waals surface area contributed by atoms with Crippen molar-refractivity contribution in [2.45, 2.75) is 44.4 Å². The van der Waals surface area contributed by atoms with Gasteiger partial charge in [0.05, 0.1) is 21.4 Å². The van der Waals surface area contributed by atoms with Gasteiger partial charge in [0.15, 0.2) is 9.84 Å². The zero-order valence-electron chi connectivity index (χ0n) is 15.8. The first kappa shape index (κ1) is 20.0. The highest BCUT2D eigenvalue weighted by molar-refractivity contribution is 7.91. The number of hydrogen-bond donors (Lipinski definition) is 1. The zero-order valence-corrected chi connectivity index (χ0v) is 17.4. The molecule has 0 radical (unpaired) electrons. The van der Waals surface area contributed by atoms with Gasteiger partial charge in [-0.3, -0.25) is 0 Å². The summed E-state index contributed by atoms with van der Waals surface area (Å²) in [5.74, 6) is -0.127. The van der Waals surface area contributed by atoms with E-state index in [2.05, 4.69) is 13.8 Å². The maximum Gasteiger partial charge on any atom is 0.181 e. The highest BCUT2D eigenvalue weighted by Gasteiger charge is 2.41. The molecular weight excluding hydrogens is 382 g/mol. The van der Waals surface area contributed by atoms with Crippen molar-refractivity contribution in [1.82, 2.24) is 0 Å². The highest BCUT2D eigenvalue weighted by Crippen LogP contribution is 2.46. The molecule has 0 unspecified atom stereocenters. The number of unbranched alkanes of at least 4 members (excludes halogenated alkanes) is 1. The monoisotopic (exact) mass is 407 g/mol. The van der Waals surface area contributed by atoms with Crippen molar-refractivity contribution in [3.8, 4) is 5.75 Å². The number of halogens is 1. The molecule has 0 saturated heterocycles. The molecule has 0 saturated carbocycles. The molecule has 1 atom stereocenters. The lowest BCUT2D eigenvalue weighted by Gasteiger charge is -2.36. The van der Waals surface area contributed by atoms with E-state index in [1.165, 1.54) is 6.07 Å². The van der Waals surface area contributed by atoms with E-state index in [0.717, 1.165) is 31.4 Å². The van der Waals surface area contributed by atoms with E-state index in [-0.39, 0.29) is 26.8 Å². The molecule has 1 aliphatic heterocycles. The fourth-order valence-electron chi connectivity index (χ4n) is 3.87. The molecule has 0 amide bonds. The molecule has 4 nitrogen and oxygen atoms in total. The first-order chi connectivity index (χ1) is 12.8. The third-order valence-electron chi connectivity index (χ3n) is 5.52. The topological polar surface area (TPSA) is 57.6 Å². The van der Waals surface area contributed by atoms with Crippen LogP contribution in [-0.2, 0) is 9.84 Å². The number of fused-ring (bicyclic) bond motifs is 1. The molecule has 3 rings (SSSR count). The second-order valence-electron chi connectivity index (χ2n) is 7.41. The van der Waals surface area contributed by atoms with E-state index in [1.807, 2.05) is 35.2 Å². The average Bonchev–Trinajstić information content (AvgIpc) is 2.75. The van der Waals surface area contributed by atoms with E-state index < -0.39 is 9.84 Å². The zero-order chi connectivity index (χ0) is 19.7. The Kier molecular flexibility index (Phi) is 5.73. The smallest absolute Gasteiger partial charge is 0.181 e. The number of aromatic hydroxyl groups is 1. The molecule has 2 aromatic carbocycles. The van der Waals surface area contributed by atoms with E-state index in [4.69, 9.17) is 11.6 Å². The van der Waals surface area contributed by atoms with Crippen LogP contribution in [0.3, 0.4) is 0 Å². The largest absolute Gasteiger partial charge is 0.506 e. The van der Waals surface area contributed by atoms with Gasteiger partial charge >= 0.3 is 0 Å². The summed E-state index contributed by atoms with van der Waals surface area (Å²) in [6, 6.07) is 12.6. The summed E-state index contributed by atoms with van der Waals surface area (Å²) in [5.41, 5.74) is 1.11. The van der Waals surface area contributed by atoms with Gasteiger partial charge in [0.25, 0.3) is 0 Å². The molecule has 0 bridgehead atoms. The van der Waals surface area contributed by atoms with Crippen molar-refractivity contribution >= 4 is 32.8 Å². The quantitative estimate of drug-likeness (QED) is 0.705. The minimum Gasteiger partial charge on any atom is -0.506 e. The Morgan fingerprint density at radius 1 is 1.19 bits per heavy atom. The van der Waals surface area contributed by atoms with Gasteiger partial charge in [0.2, 0.25) is 0 Å². The van der Waals surface area contributed by atoms with Gasteiger partial charge in [-0.25, -0.2) is 8.42 Å². The average molecular weight is 408 g/mol. The molecule has 6 heteroatoms. The van der Waals surface area contributed by atoms with Crippen LogP contribution in [0, 0.1) is 5.41 Å². The summed E-state index contributed by atoms with van der Waals surface area (Å²) in [5, 5.41) is 10.2. The number of nitrogens with zero attached hydrogens (tertiary/aromatic N) is 1. The van der Waals surface area contributed by atoms with Crippen LogP contribution in [0.2, 0.25) is 5.02 Å². The molecule has 27 heavy (non-hydrogen) atoms.